The van der Waals surface area contributed by atoms with Gasteiger partial charge in [-0.1, -0.05) is 27.7 Å². The number of likely N-dealkylation sites (tertiary alicyclic amines) is 1. The van der Waals surface area contributed by atoms with Crippen molar-refractivity contribution in [2.75, 3.05) is 19.7 Å². The van der Waals surface area contributed by atoms with Gasteiger partial charge in [0, 0.05) is 12.1 Å². The number of rotatable bonds is 5. The Hall–Kier alpha value is -0.120. The van der Waals surface area contributed by atoms with E-state index in [-0.39, 0.29) is 18.7 Å². The van der Waals surface area contributed by atoms with Gasteiger partial charge in [0.25, 0.3) is 0 Å². The van der Waals surface area contributed by atoms with E-state index in [1.165, 1.54) is 19.3 Å². The molecule has 0 spiro atoms. The Morgan fingerprint density at radius 1 is 1.17 bits per heavy atom. The van der Waals surface area contributed by atoms with Crippen LogP contribution in [-0.4, -0.2) is 41.8 Å². The summed E-state index contributed by atoms with van der Waals surface area (Å²) in [6.45, 7) is 11.3. The molecule has 0 aromatic rings. The van der Waals surface area contributed by atoms with Crippen molar-refractivity contribution < 1.29 is 5.11 Å². The van der Waals surface area contributed by atoms with E-state index >= 15 is 0 Å². The largest absolute Gasteiger partial charge is 0.395 e. The van der Waals surface area contributed by atoms with Crippen molar-refractivity contribution in [3.63, 3.8) is 0 Å². The standard InChI is InChI=1S/C15H32N2O/c1-11(2)13-6-5-8-17(9-7-13)14(10-18)15(16)12(3)4/h11-15,18H,5-10,16H2,1-4H3. The van der Waals surface area contributed by atoms with E-state index in [1.54, 1.807) is 0 Å². The lowest BCUT2D eigenvalue weighted by Crippen LogP contribution is -2.52. The maximum absolute atomic E-state index is 9.64. The van der Waals surface area contributed by atoms with Gasteiger partial charge >= 0.3 is 0 Å². The second-order valence-electron chi connectivity index (χ2n) is 6.54. The van der Waals surface area contributed by atoms with Crippen molar-refractivity contribution in [3.05, 3.63) is 0 Å². The highest BCUT2D eigenvalue weighted by Crippen LogP contribution is 2.26. The Bertz CT molecular complexity index is 231. The van der Waals surface area contributed by atoms with E-state index in [2.05, 4.69) is 32.6 Å². The Morgan fingerprint density at radius 2 is 1.83 bits per heavy atom. The fourth-order valence-electron chi connectivity index (χ4n) is 3.07. The molecule has 3 atom stereocenters. The van der Waals surface area contributed by atoms with Gasteiger partial charge in [-0.2, -0.15) is 0 Å². The first-order valence-corrected chi connectivity index (χ1v) is 7.57. The van der Waals surface area contributed by atoms with E-state index in [0.29, 0.717) is 5.92 Å². The quantitative estimate of drug-likeness (QED) is 0.792. The van der Waals surface area contributed by atoms with E-state index in [1.807, 2.05) is 0 Å². The molecule has 0 bridgehead atoms. The molecule has 1 fully saturated rings. The maximum Gasteiger partial charge on any atom is 0.0602 e. The Kier molecular flexibility index (Phi) is 6.61. The minimum Gasteiger partial charge on any atom is -0.395 e. The fraction of sp³-hybridized carbons (Fsp3) is 1.00. The summed E-state index contributed by atoms with van der Waals surface area (Å²) in [6, 6.07) is 0.210. The third-order valence-corrected chi connectivity index (χ3v) is 4.62. The molecular formula is C15H32N2O. The van der Waals surface area contributed by atoms with Gasteiger partial charge in [-0.3, -0.25) is 4.90 Å². The minimum atomic E-state index is 0.0746. The molecule has 0 aliphatic carbocycles. The lowest BCUT2D eigenvalue weighted by atomic mass is 9.89. The summed E-state index contributed by atoms with van der Waals surface area (Å²) in [5.74, 6) is 2.03. The molecule has 1 saturated heterocycles. The first-order valence-electron chi connectivity index (χ1n) is 7.57. The molecule has 0 saturated carbocycles. The first kappa shape index (κ1) is 15.9. The molecule has 0 radical (unpaired) electrons. The highest BCUT2D eigenvalue weighted by atomic mass is 16.3. The number of hydrogen-bond donors (Lipinski definition) is 2. The Morgan fingerprint density at radius 3 is 2.33 bits per heavy atom. The normalized spacial score (nSPS) is 26.3. The SMILES string of the molecule is CC(C)C1CCCN(C(CO)C(N)C(C)C)CC1. The van der Waals surface area contributed by atoms with Crippen molar-refractivity contribution in [2.24, 2.45) is 23.5 Å². The van der Waals surface area contributed by atoms with Crippen molar-refractivity contribution >= 4 is 0 Å². The maximum atomic E-state index is 9.64. The van der Waals surface area contributed by atoms with Crippen LogP contribution in [0.2, 0.25) is 0 Å². The summed E-state index contributed by atoms with van der Waals surface area (Å²) in [5.41, 5.74) is 6.25. The third kappa shape index (κ3) is 4.22. The smallest absolute Gasteiger partial charge is 0.0602 e. The van der Waals surface area contributed by atoms with Crippen LogP contribution in [0.25, 0.3) is 0 Å². The minimum absolute atomic E-state index is 0.0746. The molecule has 0 amide bonds. The molecule has 1 heterocycles. The predicted octanol–water partition coefficient (Wildman–Crippen LogP) is 2.09. The van der Waals surface area contributed by atoms with Crippen LogP contribution in [0.15, 0.2) is 0 Å². The summed E-state index contributed by atoms with van der Waals surface area (Å²) in [6.07, 6.45) is 3.81. The third-order valence-electron chi connectivity index (χ3n) is 4.62. The summed E-state index contributed by atoms with van der Waals surface area (Å²) >= 11 is 0. The van der Waals surface area contributed by atoms with Gasteiger partial charge in [0.2, 0.25) is 0 Å². The number of hydrogen-bond acceptors (Lipinski definition) is 3. The molecule has 18 heavy (non-hydrogen) atoms. The average Bonchev–Trinajstić information content (AvgIpc) is 2.55. The van der Waals surface area contributed by atoms with Crippen LogP contribution in [0.5, 0.6) is 0 Å². The fourth-order valence-corrected chi connectivity index (χ4v) is 3.07. The van der Waals surface area contributed by atoms with Crippen LogP contribution < -0.4 is 5.73 Å². The van der Waals surface area contributed by atoms with Gasteiger partial charge in [-0.05, 0) is 50.1 Å². The molecule has 1 rings (SSSR count). The van der Waals surface area contributed by atoms with Crippen LogP contribution in [0, 0.1) is 17.8 Å². The van der Waals surface area contributed by atoms with Crippen LogP contribution in [0.3, 0.4) is 0 Å². The molecular weight excluding hydrogens is 224 g/mol. The van der Waals surface area contributed by atoms with Gasteiger partial charge in [-0.25, -0.2) is 0 Å². The van der Waals surface area contributed by atoms with Crippen molar-refractivity contribution in [2.45, 2.75) is 59.0 Å². The van der Waals surface area contributed by atoms with Crippen LogP contribution in [0.4, 0.5) is 0 Å². The average molecular weight is 256 g/mol. The van der Waals surface area contributed by atoms with Gasteiger partial charge in [0.1, 0.15) is 0 Å². The van der Waals surface area contributed by atoms with Gasteiger partial charge in [0.05, 0.1) is 6.61 Å². The Labute approximate surface area is 113 Å². The summed E-state index contributed by atoms with van der Waals surface area (Å²) in [4.78, 5) is 2.42. The van der Waals surface area contributed by atoms with E-state index in [0.717, 1.165) is 24.9 Å². The van der Waals surface area contributed by atoms with Crippen molar-refractivity contribution in [3.8, 4) is 0 Å². The predicted molar refractivity (Wildman–Crippen MR) is 77.4 cm³/mol. The highest BCUT2D eigenvalue weighted by molar-refractivity contribution is 4.86. The lowest BCUT2D eigenvalue weighted by molar-refractivity contribution is 0.0927. The molecule has 1 aliphatic rings. The van der Waals surface area contributed by atoms with Crippen molar-refractivity contribution in [1.29, 1.82) is 0 Å². The molecule has 1 aliphatic heterocycles. The topological polar surface area (TPSA) is 49.5 Å². The van der Waals surface area contributed by atoms with Crippen LogP contribution >= 0.6 is 0 Å². The van der Waals surface area contributed by atoms with Crippen LogP contribution in [-0.2, 0) is 0 Å². The number of nitrogens with zero attached hydrogens (tertiary/aromatic N) is 1. The second kappa shape index (κ2) is 7.46. The summed E-state index contributed by atoms with van der Waals surface area (Å²) in [7, 11) is 0. The second-order valence-corrected chi connectivity index (χ2v) is 6.54. The van der Waals surface area contributed by atoms with Crippen LogP contribution in [0.1, 0.15) is 47.0 Å². The van der Waals surface area contributed by atoms with Gasteiger partial charge < -0.3 is 10.8 Å². The van der Waals surface area contributed by atoms with E-state index in [9.17, 15) is 5.11 Å². The molecule has 3 nitrogen and oxygen atoms in total. The molecule has 108 valence electrons. The Balaban J connectivity index is 2.59. The molecule has 3 N–H and O–H groups in total. The van der Waals surface area contributed by atoms with Crippen molar-refractivity contribution in [1.82, 2.24) is 4.90 Å². The number of aliphatic hydroxyl groups is 1. The zero-order valence-electron chi connectivity index (χ0n) is 12.6. The zero-order valence-corrected chi connectivity index (χ0v) is 12.6. The number of nitrogens with two attached hydrogens (primary N) is 1. The molecule has 0 aromatic carbocycles. The first-order chi connectivity index (χ1) is 8.47. The van der Waals surface area contributed by atoms with E-state index in [4.69, 9.17) is 5.73 Å². The van der Waals surface area contributed by atoms with Gasteiger partial charge in [-0.15, -0.1) is 0 Å². The molecule has 0 aromatic heterocycles. The van der Waals surface area contributed by atoms with Gasteiger partial charge in [0.15, 0.2) is 0 Å². The number of aliphatic hydroxyl groups excluding tert-OH is 1. The lowest BCUT2D eigenvalue weighted by Gasteiger charge is -2.35. The van der Waals surface area contributed by atoms with E-state index < -0.39 is 0 Å². The monoisotopic (exact) mass is 256 g/mol. The zero-order chi connectivity index (χ0) is 13.7. The summed E-state index contributed by atoms with van der Waals surface area (Å²) < 4.78 is 0. The summed E-state index contributed by atoms with van der Waals surface area (Å²) in [5, 5.41) is 9.64. The molecule has 3 heteroatoms. The highest BCUT2D eigenvalue weighted by Gasteiger charge is 2.29. The molecule has 3 unspecified atom stereocenters.